The molecule has 9 heteroatoms. The molecule has 1 aliphatic rings. The predicted molar refractivity (Wildman–Crippen MR) is 72.4 cm³/mol. The maximum absolute atomic E-state index is 11.0. The maximum Gasteiger partial charge on any atom is 0.268 e. The molecular formula is C12H16N2O6S. The Hall–Kier alpha value is -1.52. The van der Waals surface area contributed by atoms with Crippen LogP contribution in [0, 0.1) is 0 Å². The first kappa shape index (κ1) is 15.9. The van der Waals surface area contributed by atoms with E-state index in [2.05, 4.69) is 4.98 Å². The van der Waals surface area contributed by atoms with E-state index in [1.807, 2.05) is 0 Å². The van der Waals surface area contributed by atoms with Crippen LogP contribution in [0.25, 0.3) is 0 Å². The predicted octanol–water partition coefficient (Wildman–Crippen LogP) is -0.640. The molecule has 1 saturated heterocycles. The Morgan fingerprint density at radius 2 is 2.10 bits per heavy atom. The minimum atomic E-state index is -2.33. The van der Waals surface area contributed by atoms with E-state index in [1.54, 1.807) is 13.8 Å². The van der Waals surface area contributed by atoms with Gasteiger partial charge >= 0.3 is 0 Å². The number of nitrogens with zero attached hydrogens (tertiary/aromatic N) is 1. The molecule has 4 atom stereocenters. The van der Waals surface area contributed by atoms with Gasteiger partial charge in [0.1, 0.15) is 29.8 Å². The van der Waals surface area contributed by atoms with Crippen molar-refractivity contribution in [1.29, 1.82) is 0 Å². The fourth-order valence-corrected chi connectivity index (χ4v) is 2.84. The molecule has 0 aliphatic carbocycles. The van der Waals surface area contributed by atoms with Gasteiger partial charge in [0.05, 0.1) is 0 Å². The highest BCUT2D eigenvalue weighted by molar-refractivity contribution is 7.10. The zero-order chi connectivity index (χ0) is 15.9. The molecule has 0 unspecified atom stereocenters. The molecule has 1 aliphatic heterocycles. The van der Waals surface area contributed by atoms with E-state index in [-0.39, 0.29) is 16.5 Å². The lowest BCUT2D eigenvalue weighted by molar-refractivity contribution is -0.235. The number of thiazole rings is 1. The highest BCUT2D eigenvalue weighted by Gasteiger charge is 2.57. The summed E-state index contributed by atoms with van der Waals surface area (Å²) in [6.07, 6.45) is -4.59. The van der Waals surface area contributed by atoms with Crippen molar-refractivity contribution in [3.63, 3.8) is 0 Å². The van der Waals surface area contributed by atoms with Crippen LogP contribution >= 0.6 is 11.3 Å². The van der Waals surface area contributed by atoms with Crippen LogP contribution in [0.2, 0.25) is 0 Å². The van der Waals surface area contributed by atoms with Gasteiger partial charge in [-0.05, 0) is 19.4 Å². The average Bonchev–Trinajstić information content (AvgIpc) is 2.99. The van der Waals surface area contributed by atoms with Gasteiger partial charge in [-0.25, -0.2) is 4.98 Å². The van der Waals surface area contributed by atoms with Gasteiger partial charge in [-0.2, -0.15) is 0 Å². The lowest BCUT2D eigenvalue weighted by atomic mass is 10.0. The fraction of sp³-hybridized carbons (Fsp3) is 0.500. The second-order valence-corrected chi connectivity index (χ2v) is 5.82. The molecule has 0 spiro atoms. The number of hydrogen-bond donors (Lipinski definition) is 5. The number of carbonyl (C=O) groups is 1. The van der Waals surface area contributed by atoms with E-state index in [1.165, 1.54) is 5.38 Å². The Morgan fingerprint density at radius 1 is 1.48 bits per heavy atom. The fourth-order valence-electron chi connectivity index (χ4n) is 1.96. The first-order valence-corrected chi connectivity index (χ1v) is 6.95. The van der Waals surface area contributed by atoms with Gasteiger partial charge in [-0.15, -0.1) is 11.3 Å². The molecule has 21 heavy (non-hydrogen) atoms. The Bertz CT molecular complexity index is 596. The third kappa shape index (κ3) is 2.54. The van der Waals surface area contributed by atoms with Gasteiger partial charge < -0.3 is 30.9 Å². The first-order valence-electron chi connectivity index (χ1n) is 6.07. The molecule has 8 nitrogen and oxygen atoms in total. The summed E-state index contributed by atoms with van der Waals surface area (Å²) in [7, 11) is 0. The van der Waals surface area contributed by atoms with Crippen molar-refractivity contribution in [2.24, 2.45) is 5.73 Å². The van der Waals surface area contributed by atoms with Crippen LogP contribution in [-0.2, 0) is 10.5 Å². The monoisotopic (exact) mass is 316 g/mol. The van der Waals surface area contributed by atoms with Crippen LogP contribution in [0.15, 0.2) is 16.7 Å². The molecular weight excluding hydrogens is 300 g/mol. The summed E-state index contributed by atoms with van der Waals surface area (Å²) in [5.74, 6) is -3.41. The number of rotatable bonds is 3. The van der Waals surface area contributed by atoms with E-state index >= 15 is 0 Å². The number of hydrogen-bond acceptors (Lipinski definition) is 8. The number of primary amides is 1. The van der Waals surface area contributed by atoms with E-state index < -0.39 is 30.0 Å². The van der Waals surface area contributed by atoms with Gasteiger partial charge in [0.15, 0.2) is 5.01 Å². The first-order chi connectivity index (χ1) is 9.68. The summed E-state index contributed by atoms with van der Waals surface area (Å²) >= 11 is 0.846. The Balaban J connectivity index is 2.38. The van der Waals surface area contributed by atoms with Gasteiger partial charge in [0, 0.05) is 5.38 Å². The van der Waals surface area contributed by atoms with Crippen LogP contribution in [0.3, 0.4) is 0 Å². The zero-order valence-electron chi connectivity index (χ0n) is 11.3. The maximum atomic E-state index is 11.0. The number of ether oxygens (including phenoxy) is 1. The molecule has 0 aromatic carbocycles. The van der Waals surface area contributed by atoms with Crippen molar-refractivity contribution in [2.45, 2.75) is 37.9 Å². The van der Waals surface area contributed by atoms with Crippen molar-refractivity contribution in [1.82, 2.24) is 4.98 Å². The second kappa shape index (κ2) is 5.35. The van der Waals surface area contributed by atoms with Crippen molar-refractivity contribution < 1.29 is 30.0 Å². The minimum absolute atomic E-state index is 0.0939. The zero-order valence-corrected chi connectivity index (χ0v) is 12.2. The summed E-state index contributed by atoms with van der Waals surface area (Å²) in [6.45, 7) is 3.17. The smallest absolute Gasteiger partial charge is 0.268 e. The van der Waals surface area contributed by atoms with Crippen LogP contribution in [0.5, 0.6) is 0 Å². The van der Waals surface area contributed by atoms with E-state index in [0.717, 1.165) is 11.3 Å². The van der Waals surface area contributed by atoms with E-state index in [4.69, 9.17) is 10.5 Å². The number of amides is 1. The topological polar surface area (TPSA) is 146 Å². The molecule has 1 fully saturated rings. The number of aliphatic hydroxyl groups excluding tert-OH is 3. The van der Waals surface area contributed by atoms with Gasteiger partial charge in [0.25, 0.3) is 5.91 Å². The van der Waals surface area contributed by atoms with Crippen molar-refractivity contribution in [3.8, 4) is 0 Å². The van der Waals surface area contributed by atoms with Gasteiger partial charge in [-0.1, -0.05) is 0 Å². The van der Waals surface area contributed by atoms with Crippen molar-refractivity contribution in [2.75, 3.05) is 0 Å². The molecule has 116 valence electrons. The summed E-state index contributed by atoms with van der Waals surface area (Å²) in [6, 6.07) is 0. The quantitative estimate of drug-likeness (QED) is 0.466. The van der Waals surface area contributed by atoms with Crippen molar-refractivity contribution in [3.05, 3.63) is 27.4 Å². The van der Waals surface area contributed by atoms with Crippen LogP contribution in [0.4, 0.5) is 0 Å². The Labute approximate surface area is 124 Å². The molecule has 2 heterocycles. The average molecular weight is 316 g/mol. The third-order valence-electron chi connectivity index (χ3n) is 3.19. The number of nitrogens with two attached hydrogens (primary N) is 1. The summed E-state index contributed by atoms with van der Waals surface area (Å²) in [4.78, 5) is 14.8. The Kier molecular flexibility index (Phi) is 4.04. The largest absolute Gasteiger partial charge is 0.510 e. The van der Waals surface area contributed by atoms with E-state index in [9.17, 15) is 25.2 Å². The highest BCUT2D eigenvalue weighted by atomic mass is 32.1. The lowest BCUT2D eigenvalue weighted by Crippen LogP contribution is -2.40. The molecule has 1 amide bonds. The second-order valence-electron chi connectivity index (χ2n) is 4.96. The lowest BCUT2D eigenvalue weighted by Gasteiger charge is -2.23. The number of aliphatic hydroxyl groups is 4. The summed E-state index contributed by atoms with van der Waals surface area (Å²) in [5, 5.41) is 41.4. The Morgan fingerprint density at radius 3 is 2.57 bits per heavy atom. The molecule has 2 rings (SSSR count). The SMILES string of the molecule is CC(C)=C(O)[C@H]1O[C@](O)(c2nc(C(N)=O)cs2)[C@H](O)[C@@H]1O. The summed E-state index contributed by atoms with van der Waals surface area (Å²) in [5.41, 5.74) is 5.44. The molecule has 1 aromatic rings. The van der Waals surface area contributed by atoms with Gasteiger partial charge in [0.2, 0.25) is 5.79 Å². The molecule has 0 saturated carbocycles. The van der Waals surface area contributed by atoms with Crippen LogP contribution in [0.1, 0.15) is 29.3 Å². The molecule has 6 N–H and O–H groups in total. The molecule has 0 radical (unpaired) electrons. The normalized spacial score (nSPS) is 32.1. The third-order valence-corrected chi connectivity index (χ3v) is 4.13. The number of aromatic nitrogens is 1. The molecule has 1 aromatic heterocycles. The summed E-state index contributed by atoms with van der Waals surface area (Å²) < 4.78 is 5.22. The standard InChI is InChI=1S/C12H16N2O6S/c1-4(2)6(15)8-7(16)9(17)12(19,20-8)11-14-5(3-21-11)10(13)18/h3,7-9,15-17,19H,1-2H3,(H2,13,18)/t7-,8-,9-,12+/m1/s1. The highest BCUT2D eigenvalue weighted by Crippen LogP contribution is 2.41. The number of allylic oxidation sites excluding steroid dienone is 1. The van der Waals surface area contributed by atoms with Crippen LogP contribution in [-0.4, -0.2) is 49.6 Å². The van der Waals surface area contributed by atoms with E-state index in [0.29, 0.717) is 5.57 Å². The number of carbonyl (C=O) groups excluding carboxylic acids is 1. The van der Waals surface area contributed by atoms with Crippen LogP contribution < -0.4 is 5.73 Å². The van der Waals surface area contributed by atoms with Crippen molar-refractivity contribution >= 4 is 17.2 Å². The molecule has 0 bridgehead atoms. The minimum Gasteiger partial charge on any atom is -0.510 e. The van der Waals surface area contributed by atoms with Gasteiger partial charge in [-0.3, -0.25) is 4.79 Å².